The van der Waals surface area contributed by atoms with E-state index in [1.165, 1.54) is 0 Å². The molecule has 0 bridgehead atoms. The van der Waals surface area contributed by atoms with Crippen LogP contribution >= 0.6 is 0 Å². The molecule has 4 rings (SSSR count). The zero-order valence-electron chi connectivity index (χ0n) is 29.1. The molecule has 2 atom stereocenters. The normalized spacial score (nSPS) is 21.0. The van der Waals surface area contributed by atoms with Crippen LogP contribution in [0.3, 0.4) is 0 Å². The van der Waals surface area contributed by atoms with Crippen molar-refractivity contribution in [2.24, 2.45) is 11.8 Å². The second-order valence-electron chi connectivity index (χ2n) is 12.9. The summed E-state index contributed by atoms with van der Waals surface area (Å²) in [5.41, 5.74) is 0. The number of carbonyl (C=O) groups excluding carboxylic acids is 4. The van der Waals surface area contributed by atoms with Crippen LogP contribution in [-0.2, 0) is 28.5 Å². The first-order valence-corrected chi connectivity index (χ1v) is 17.7. The molecule has 0 aliphatic heterocycles. The molecule has 2 N–H and O–H groups in total. The van der Waals surface area contributed by atoms with E-state index in [-0.39, 0.29) is 38.5 Å². The Bertz CT molecular complexity index is 1280. The molecule has 2 fully saturated rings. The van der Waals surface area contributed by atoms with E-state index < -0.39 is 36.3 Å². The van der Waals surface area contributed by atoms with Gasteiger partial charge in [0.05, 0.1) is 0 Å². The Kier molecular flexibility index (Phi) is 16.2. The van der Waals surface area contributed by atoms with E-state index in [9.17, 15) is 19.2 Å². The molecule has 51 heavy (non-hydrogen) atoms. The molecule has 2 aromatic rings. The van der Waals surface area contributed by atoms with Gasteiger partial charge in [0.2, 0.25) is 0 Å². The summed E-state index contributed by atoms with van der Waals surface area (Å²) in [6.45, 7) is 6.57. The number of hydrogen-bond donors (Lipinski definition) is 2. The fourth-order valence-electron chi connectivity index (χ4n) is 6.37. The molecule has 0 spiro atoms. The lowest BCUT2D eigenvalue weighted by molar-refractivity contribution is -0.142. The molecule has 2 aromatic carbocycles. The van der Waals surface area contributed by atoms with Gasteiger partial charge in [-0.3, -0.25) is 0 Å². The lowest BCUT2D eigenvalue weighted by Crippen LogP contribution is -2.42. The summed E-state index contributed by atoms with van der Waals surface area (Å²) >= 11 is 0. The third-order valence-corrected chi connectivity index (χ3v) is 9.07. The van der Waals surface area contributed by atoms with Crippen molar-refractivity contribution < 1.29 is 47.6 Å². The number of ether oxygens (including phenoxy) is 6. The molecule has 0 radical (unpaired) electrons. The van der Waals surface area contributed by atoms with Crippen LogP contribution in [-0.4, -0.2) is 74.8 Å². The lowest BCUT2D eigenvalue weighted by atomic mass is 9.76. The SMILES string of the molecule is C=CC(=O)OCC(COc1ccccc1)OC(=O)NC1CCC(CC2CCC(NC(=O)OC(COC(=O)C=C)COc3ccccc3)CC2)CC1. The number of amides is 2. The van der Waals surface area contributed by atoms with Gasteiger partial charge in [0.1, 0.15) is 37.9 Å². The van der Waals surface area contributed by atoms with E-state index in [1.807, 2.05) is 36.4 Å². The van der Waals surface area contributed by atoms with Gasteiger partial charge in [-0.15, -0.1) is 0 Å². The first-order chi connectivity index (χ1) is 24.8. The fourth-order valence-corrected chi connectivity index (χ4v) is 6.37. The number of alkyl carbamates (subject to hydrolysis) is 2. The average molecular weight is 707 g/mol. The van der Waals surface area contributed by atoms with E-state index in [0.717, 1.165) is 69.9 Å². The lowest BCUT2D eigenvalue weighted by Gasteiger charge is -2.34. The zero-order valence-corrected chi connectivity index (χ0v) is 29.1. The summed E-state index contributed by atoms with van der Waals surface area (Å²) in [7, 11) is 0. The molecule has 0 aromatic heterocycles. The Morgan fingerprint density at radius 2 is 0.961 bits per heavy atom. The number of benzene rings is 2. The first-order valence-electron chi connectivity index (χ1n) is 17.7. The standard InChI is InChI=1S/C39H50N2O10/c1-3-36(42)48-26-34(24-46-32-11-7-5-8-12-32)50-38(44)40-30-19-15-28(16-20-30)23-29-17-21-31(22-18-29)41-39(45)51-35(27-49-37(43)4-2)25-47-33-13-9-6-10-14-33/h3-14,28-31,34-35H,1-2,15-27H2,(H,40,44)(H,41,45). The predicted octanol–water partition coefficient (Wildman–Crippen LogP) is 6.30. The highest BCUT2D eigenvalue weighted by Gasteiger charge is 2.29. The van der Waals surface area contributed by atoms with Crippen LogP contribution in [0.5, 0.6) is 11.5 Å². The van der Waals surface area contributed by atoms with Gasteiger partial charge in [0, 0.05) is 24.2 Å². The van der Waals surface area contributed by atoms with Crippen LogP contribution in [0.1, 0.15) is 57.8 Å². The monoisotopic (exact) mass is 706 g/mol. The van der Waals surface area contributed by atoms with Gasteiger partial charge in [-0.2, -0.15) is 0 Å². The number of esters is 2. The summed E-state index contributed by atoms with van der Waals surface area (Å²) in [5, 5.41) is 5.95. The van der Waals surface area contributed by atoms with Gasteiger partial charge < -0.3 is 39.1 Å². The van der Waals surface area contributed by atoms with Crippen molar-refractivity contribution in [3.63, 3.8) is 0 Å². The molecule has 12 heteroatoms. The van der Waals surface area contributed by atoms with Crippen LogP contribution in [0.15, 0.2) is 86.0 Å². The number of carbonyl (C=O) groups is 4. The molecule has 12 nitrogen and oxygen atoms in total. The number of rotatable bonds is 18. The molecular weight excluding hydrogens is 656 g/mol. The van der Waals surface area contributed by atoms with Crippen LogP contribution in [0, 0.1) is 11.8 Å². The largest absolute Gasteiger partial charge is 0.490 e. The maximum absolute atomic E-state index is 12.8. The van der Waals surface area contributed by atoms with Gasteiger partial charge in [-0.05, 0) is 93.9 Å². The molecule has 2 amide bonds. The third kappa shape index (κ3) is 14.8. The smallest absolute Gasteiger partial charge is 0.407 e. The molecule has 2 aliphatic carbocycles. The summed E-state index contributed by atoms with van der Waals surface area (Å²) < 4.78 is 32.8. The van der Waals surface area contributed by atoms with Gasteiger partial charge in [0.25, 0.3) is 0 Å². The molecule has 276 valence electrons. The summed E-state index contributed by atoms with van der Waals surface area (Å²) in [5.74, 6) is 1.18. The van der Waals surface area contributed by atoms with Crippen molar-refractivity contribution in [2.75, 3.05) is 26.4 Å². The van der Waals surface area contributed by atoms with Crippen LogP contribution in [0.2, 0.25) is 0 Å². The van der Waals surface area contributed by atoms with E-state index in [4.69, 9.17) is 28.4 Å². The minimum atomic E-state index is -0.783. The molecule has 2 aliphatic rings. The average Bonchev–Trinajstić information content (AvgIpc) is 3.15. The van der Waals surface area contributed by atoms with Gasteiger partial charge in [-0.25, -0.2) is 19.2 Å². The summed E-state index contributed by atoms with van der Waals surface area (Å²) in [6, 6.07) is 18.3. The van der Waals surface area contributed by atoms with Crippen molar-refractivity contribution in [3.8, 4) is 11.5 Å². The zero-order chi connectivity index (χ0) is 36.3. The number of hydrogen-bond acceptors (Lipinski definition) is 10. The van der Waals surface area contributed by atoms with Gasteiger partial charge in [-0.1, -0.05) is 49.6 Å². The highest BCUT2D eigenvalue weighted by atomic mass is 16.6. The molecule has 2 saturated carbocycles. The fraction of sp³-hybridized carbons (Fsp3) is 0.487. The van der Waals surface area contributed by atoms with Crippen LogP contribution in [0.4, 0.5) is 9.59 Å². The second-order valence-corrected chi connectivity index (χ2v) is 12.9. The Balaban J connectivity index is 1.13. The van der Waals surface area contributed by atoms with Gasteiger partial charge in [0.15, 0.2) is 12.2 Å². The number of nitrogens with one attached hydrogen (secondary N) is 2. The van der Waals surface area contributed by atoms with E-state index in [2.05, 4.69) is 23.8 Å². The Morgan fingerprint density at radius 1 is 0.588 bits per heavy atom. The maximum Gasteiger partial charge on any atom is 0.407 e. The van der Waals surface area contributed by atoms with Crippen LogP contribution < -0.4 is 20.1 Å². The second kappa shape index (κ2) is 21.3. The Hall–Kier alpha value is -5.00. The predicted molar refractivity (Wildman–Crippen MR) is 189 cm³/mol. The summed E-state index contributed by atoms with van der Waals surface area (Å²) in [6.07, 6.45) is 8.01. The highest BCUT2D eigenvalue weighted by Crippen LogP contribution is 2.35. The van der Waals surface area contributed by atoms with Crippen molar-refractivity contribution in [1.82, 2.24) is 10.6 Å². The first kappa shape index (κ1) is 38.8. The molecular formula is C39H50N2O10. The quantitative estimate of drug-likeness (QED) is 0.103. The van der Waals surface area contributed by atoms with Gasteiger partial charge >= 0.3 is 24.1 Å². The summed E-state index contributed by atoms with van der Waals surface area (Å²) in [4.78, 5) is 48.7. The Labute approximate surface area is 299 Å². The third-order valence-electron chi connectivity index (χ3n) is 9.07. The molecule has 0 saturated heterocycles. The maximum atomic E-state index is 12.8. The minimum Gasteiger partial charge on any atom is -0.490 e. The van der Waals surface area contributed by atoms with Crippen molar-refractivity contribution in [1.29, 1.82) is 0 Å². The van der Waals surface area contributed by atoms with E-state index in [0.29, 0.717) is 23.3 Å². The van der Waals surface area contributed by atoms with Crippen LogP contribution in [0.25, 0.3) is 0 Å². The molecule has 0 heterocycles. The number of para-hydroxylation sites is 2. The Morgan fingerprint density at radius 3 is 1.31 bits per heavy atom. The topological polar surface area (TPSA) is 148 Å². The minimum absolute atomic E-state index is 0.00771. The van der Waals surface area contributed by atoms with Crippen molar-refractivity contribution in [2.45, 2.75) is 82.1 Å². The molecule has 2 unspecified atom stereocenters. The highest BCUT2D eigenvalue weighted by molar-refractivity contribution is 5.81. The van der Waals surface area contributed by atoms with E-state index >= 15 is 0 Å². The van der Waals surface area contributed by atoms with E-state index in [1.54, 1.807) is 24.3 Å². The van der Waals surface area contributed by atoms with Crippen molar-refractivity contribution in [3.05, 3.63) is 86.0 Å². The van der Waals surface area contributed by atoms with Crippen molar-refractivity contribution >= 4 is 24.1 Å².